The smallest absolute Gasteiger partial charge is 0.146 e. The molecule has 106 valence electrons. The summed E-state index contributed by atoms with van der Waals surface area (Å²) < 4.78 is 14.3. The van der Waals surface area contributed by atoms with Crippen molar-refractivity contribution in [2.24, 2.45) is 0 Å². The van der Waals surface area contributed by atoms with Gasteiger partial charge >= 0.3 is 0 Å². The van der Waals surface area contributed by atoms with Gasteiger partial charge in [0.05, 0.1) is 5.69 Å². The van der Waals surface area contributed by atoms with Gasteiger partial charge in [-0.3, -0.25) is 0 Å². The number of unbranched alkanes of at least 4 members (excludes halogenated alkanes) is 1. The molecule has 1 fully saturated rings. The number of nitrogens with one attached hydrogen (secondary N) is 1. The van der Waals surface area contributed by atoms with Crippen molar-refractivity contribution in [1.82, 2.24) is 5.32 Å². The topological polar surface area (TPSA) is 15.3 Å². The second-order valence-electron chi connectivity index (χ2n) is 5.50. The fraction of sp³-hybridized carbons (Fsp3) is 0.625. The van der Waals surface area contributed by atoms with E-state index in [2.05, 4.69) is 17.1 Å². The van der Waals surface area contributed by atoms with E-state index in [1.54, 1.807) is 6.07 Å². The number of benzene rings is 1. The monoisotopic (exact) mass is 264 g/mol. The summed E-state index contributed by atoms with van der Waals surface area (Å²) in [6, 6.07) is 6.42. The van der Waals surface area contributed by atoms with Crippen molar-refractivity contribution in [3.63, 3.8) is 0 Å². The zero-order valence-electron chi connectivity index (χ0n) is 12.2. The van der Waals surface area contributed by atoms with Gasteiger partial charge in [-0.05, 0) is 50.9 Å². The SMILES string of the molecule is CCCCN(c1ccc(C(C)NC)cc1F)C1CC1. The summed E-state index contributed by atoms with van der Waals surface area (Å²) in [6.45, 7) is 5.20. The Bertz CT molecular complexity index is 415. The van der Waals surface area contributed by atoms with Gasteiger partial charge in [-0.15, -0.1) is 0 Å². The van der Waals surface area contributed by atoms with E-state index >= 15 is 0 Å². The van der Waals surface area contributed by atoms with Gasteiger partial charge in [0.25, 0.3) is 0 Å². The molecular formula is C16H25FN2. The number of nitrogens with zero attached hydrogens (tertiary/aromatic N) is 1. The molecule has 0 amide bonds. The lowest BCUT2D eigenvalue weighted by Crippen LogP contribution is -2.27. The lowest BCUT2D eigenvalue weighted by molar-refractivity contribution is 0.596. The third-order valence-corrected chi connectivity index (χ3v) is 3.95. The predicted octanol–water partition coefficient (Wildman–Crippen LogP) is 3.88. The largest absolute Gasteiger partial charge is 0.366 e. The van der Waals surface area contributed by atoms with Gasteiger partial charge < -0.3 is 10.2 Å². The van der Waals surface area contributed by atoms with Crippen LogP contribution in [0.2, 0.25) is 0 Å². The first-order chi connectivity index (χ1) is 9.17. The summed E-state index contributed by atoms with van der Waals surface area (Å²) >= 11 is 0. The Morgan fingerprint density at radius 3 is 2.68 bits per heavy atom. The van der Waals surface area contributed by atoms with Gasteiger partial charge in [0.2, 0.25) is 0 Å². The molecule has 1 aromatic rings. The molecule has 2 nitrogen and oxygen atoms in total. The van der Waals surface area contributed by atoms with Crippen molar-refractivity contribution in [3.05, 3.63) is 29.6 Å². The van der Waals surface area contributed by atoms with E-state index in [0.717, 1.165) is 30.6 Å². The molecule has 1 N–H and O–H groups in total. The first-order valence-electron chi connectivity index (χ1n) is 7.40. The van der Waals surface area contributed by atoms with Gasteiger partial charge in [0.15, 0.2) is 0 Å². The Hall–Kier alpha value is -1.09. The highest BCUT2D eigenvalue weighted by molar-refractivity contribution is 5.51. The zero-order chi connectivity index (χ0) is 13.8. The Morgan fingerprint density at radius 2 is 2.16 bits per heavy atom. The van der Waals surface area contributed by atoms with Crippen molar-refractivity contribution < 1.29 is 4.39 Å². The lowest BCUT2D eigenvalue weighted by atomic mass is 10.1. The minimum absolute atomic E-state index is 0.0809. The molecule has 1 atom stereocenters. The highest BCUT2D eigenvalue weighted by Gasteiger charge is 2.30. The fourth-order valence-corrected chi connectivity index (χ4v) is 2.41. The highest BCUT2D eigenvalue weighted by atomic mass is 19.1. The molecule has 0 spiro atoms. The van der Waals surface area contributed by atoms with Crippen LogP contribution in [-0.2, 0) is 0 Å². The van der Waals surface area contributed by atoms with Crippen LogP contribution in [0.25, 0.3) is 0 Å². The molecule has 19 heavy (non-hydrogen) atoms. The molecule has 1 aliphatic rings. The van der Waals surface area contributed by atoms with Gasteiger partial charge in [0, 0.05) is 18.6 Å². The maximum atomic E-state index is 14.3. The standard InChI is InChI=1S/C16H25FN2/c1-4-5-10-19(14-7-8-14)16-9-6-13(11-15(16)17)12(2)18-3/h6,9,11-12,14,18H,4-5,7-8,10H2,1-3H3. The number of rotatable bonds is 7. The Kier molecular flexibility index (Phi) is 4.81. The average Bonchev–Trinajstić information content (AvgIpc) is 3.24. The van der Waals surface area contributed by atoms with Crippen LogP contribution in [-0.4, -0.2) is 19.6 Å². The molecule has 1 saturated carbocycles. The fourth-order valence-electron chi connectivity index (χ4n) is 2.41. The zero-order valence-corrected chi connectivity index (χ0v) is 12.2. The van der Waals surface area contributed by atoms with Crippen molar-refractivity contribution in [2.75, 3.05) is 18.5 Å². The molecular weight excluding hydrogens is 239 g/mol. The summed E-state index contributed by atoms with van der Waals surface area (Å²) in [5.74, 6) is -0.0809. The quantitative estimate of drug-likeness (QED) is 0.804. The van der Waals surface area contributed by atoms with Crippen molar-refractivity contribution >= 4 is 5.69 Å². The van der Waals surface area contributed by atoms with Gasteiger partial charge in [-0.1, -0.05) is 19.4 Å². The van der Waals surface area contributed by atoms with Crippen LogP contribution in [0.15, 0.2) is 18.2 Å². The minimum Gasteiger partial charge on any atom is -0.366 e. The summed E-state index contributed by atoms with van der Waals surface area (Å²) in [5, 5.41) is 3.15. The maximum absolute atomic E-state index is 14.3. The third-order valence-electron chi connectivity index (χ3n) is 3.95. The number of halogens is 1. The summed E-state index contributed by atoms with van der Waals surface area (Å²) in [4.78, 5) is 2.26. The first kappa shape index (κ1) is 14.3. The Morgan fingerprint density at radius 1 is 1.42 bits per heavy atom. The number of hydrogen-bond donors (Lipinski definition) is 1. The molecule has 1 aliphatic carbocycles. The van der Waals surface area contributed by atoms with Crippen LogP contribution >= 0.6 is 0 Å². The summed E-state index contributed by atoms with van der Waals surface area (Å²) in [5.41, 5.74) is 1.79. The van der Waals surface area contributed by atoms with E-state index in [-0.39, 0.29) is 11.9 Å². The first-order valence-corrected chi connectivity index (χ1v) is 7.40. The van der Waals surface area contributed by atoms with Gasteiger partial charge in [-0.2, -0.15) is 0 Å². The molecule has 3 heteroatoms. The highest BCUT2D eigenvalue weighted by Crippen LogP contribution is 2.34. The summed E-state index contributed by atoms with van der Waals surface area (Å²) in [7, 11) is 1.90. The van der Waals surface area contributed by atoms with E-state index in [0.29, 0.717) is 6.04 Å². The van der Waals surface area contributed by atoms with Crippen molar-refractivity contribution in [3.8, 4) is 0 Å². The predicted molar refractivity (Wildman–Crippen MR) is 79.2 cm³/mol. The molecule has 2 rings (SSSR count). The molecule has 0 aromatic heterocycles. The van der Waals surface area contributed by atoms with E-state index in [9.17, 15) is 4.39 Å². The van der Waals surface area contributed by atoms with Crippen LogP contribution in [0.5, 0.6) is 0 Å². The average molecular weight is 264 g/mol. The third kappa shape index (κ3) is 3.47. The molecule has 0 saturated heterocycles. The molecule has 1 aromatic carbocycles. The van der Waals surface area contributed by atoms with Crippen molar-refractivity contribution in [2.45, 2.75) is 51.6 Å². The lowest BCUT2D eigenvalue weighted by Gasteiger charge is -2.25. The second kappa shape index (κ2) is 6.38. The Balaban J connectivity index is 2.17. The van der Waals surface area contributed by atoms with E-state index in [4.69, 9.17) is 0 Å². The van der Waals surface area contributed by atoms with E-state index < -0.39 is 0 Å². The van der Waals surface area contributed by atoms with Gasteiger partial charge in [-0.25, -0.2) is 4.39 Å². The molecule has 0 aliphatic heterocycles. The Labute approximate surface area is 116 Å². The number of anilines is 1. The van der Waals surface area contributed by atoms with Crippen LogP contribution < -0.4 is 10.2 Å². The van der Waals surface area contributed by atoms with Crippen LogP contribution in [0.1, 0.15) is 51.1 Å². The van der Waals surface area contributed by atoms with Crippen LogP contribution in [0, 0.1) is 5.82 Å². The van der Waals surface area contributed by atoms with Crippen LogP contribution in [0.4, 0.5) is 10.1 Å². The second-order valence-corrected chi connectivity index (χ2v) is 5.50. The molecule has 1 unspecified atom stereocenters. The molecule has 0 bridgehead atoms. The number of hydrogen-bond acceptors (Lipinski definition) is 2. The maximum Gasteiger partial charge on any atom is 0.146 e. The minimum atomic E-state index is -0.0809. The molecule has 0 heterocycles. The summed E-state index contributed by atoms with van der Waals surface area (Å²) in [6.07, 6.45) is 4.69. The normalized spacial score (nSPS) is 16.4. The molecule has 0 radical (unpaired) electrons. The van der Waals surface area contributed by atoms with E-state index in [1.165, 1.54) is 12.8 Å². The van der Waals surface area contributed by atoms with Crippen molar-refractivity contribution in [1.29, 1.82) is 0 Å². The van der Waals surface area contributed by atoms with E-state index in [1.807, 2.05) is 26.1 Å². The van der Waals surface area contributed by atoms with Crippen LogP contribution in [0.3, 0.4) is 0 Å². The van der Waals surface area contributed by atoms with Gasteiger partial charge in [0.1, 0.15) is 5.82 Å².